The minimum atomic E-state index is -0.547. The molecule has 0 bridgehead atoms. The van der Waals surface area contributed by atoms with Crippen LogP contribution in [-0.2, 0) is 0 Å². The molecule has 0 unspecified atom stereocenters. The highest BCUT2D eigenvalue weighted by atomic mass is 79.9. The number of hydrogen-bond donors (Lipinski definition) is 2. The Kier molecular flexibility index (Phi) is 2.94. The fourth-order valence-electron chi connectivity index (χ4n) is 1.96. The molecule has 2 aromatic carbocycles. The number of carbonyl (C=O) groups is 1. The van der Waals surface area contributed by atoms with Gasteiger partial charge in [0.1, 0.15) is 0 Å². The first kappa shape index (κ1) is 12.7. The number of nitrogen functional groups attached to an aromatic ring is 1. The van der Waals surface area contributed by atoms with Gasteiger partial charge in [-0.05, 0) is 36.4 Å². The number of rotatable bonds is 2. The van der Waals surface area contributed by atoms with Gasteiger partial charge in [-0.3, -0.25) is 9.78 Å². The molecule has 100 valence electrons. The molecule has 0 aliphatic carbocycles. The molecule has 0 amide bonds. The smallest absolute Gasteiger partial charge is 0.408 e. The highest BCUT2D eigenvalue weighted by Crippen LogP contribution is 2.23. The lowest BCUT2D eigenvalue weighted by molar-refractivity contribution is 0.103. The molecule has 0 saturated carbocycles. The lowest BCUT2D eigenvalue weighted by Crippen LogP contribution is -2.03. The van der Waals surface area contributed by atoms with Gasteiger partial charge < -0.3 is 10.2 Å². The lowest BCUT2D eigenvalue weighted by Gasteiger charge is -2.05. The molecule has 0 spiro atoms. The number of H-pyrrole nitrogens is 1. The van der Waals surface area contributed by atoms with E-state index in [0.717, 1.165) is 0 Å². The molecule has 1 aromatic heterocycles. The Balaban J connectivity index is 2.12. The van der Waals surface area contributed by atoms with Crippen molar-refractivity contribution in [1.82, 2.24) is 4.98 Å². The summed E-state index contributed by atoms with van der Waals surface area (Å²) in [6.45, 7) is 0. The second-order valence-corrected chi connectivity index (χ2v) is 5.15. The van der Waals surface area contributed by atoms with Crippen LogP contribution in [0.15, 0.2) is 50.1 Å². The van der Waals surface area contributed by atoms with Crippen molar-refractivity contribution in [2.45, 2.75) is 0 Å². The average Bonchev–Trinajstić information content (AvgIpc) is 2.79. The van der Waals surface area contributed by atoms with E-state index < -0.39 is 5.76 Å². The number of nitrogens with one attached hydrogen (secondary N) is 1. The first-order valence-corrected chi connectivity index (χ1v) is 6.56. The number of anilines is 1. The molecular formula is C14H9BrN2O3. The summed E-state index contributed by atoms with van der Waals surface area (Å²) in [6, 6.07) is 9.82. The monoisotopic (exact) mass is 332 g/mol. The van der Waals surface area contributed by atoms with Crippen LogP contribution in [0.25, 0.3) is 11.1 Å². The van der Waals surface area contributed by atoms with Gasteiger partial charge in [0.15, 0.2) is 11.4 Å². The molecule has 0 aliphatic heterocycles. The van der Waals surface area contributed by atoms with Crippen LogP contribution in [0.1, 0.15) is 15.9 Å². The van der Waals surface area contributed by atoms with Gasteiger partial charge in [-0.2, -0.15) is 0 Å². The van der Waals surface area contributed by atoms with Crippen molar-refractivity contribution in [3.8, 4) is 0 Å². The van der Waals surface area contributed by atoms with Crippen molar-refractivity contribution in [3.63, 3.8) is 0 Å². The summed E-state index contributed by atoms with van der Waals surface area (Å²) in [6.07, 6.45) is 0. The first-order valence-electron chi connectivity index (χ1n) is 5.77. The van der Waals surface area contributed by atoms with E-state index in [1.165, 1.54) is 6.07 Å². The number of nitrogens with two attached hydrogens (primary N) is 1. The van der Waals surface area contributed by atoms with E-state index in [0.29, 0.717) is 32.4 Å². The molecule has 0 radical (unpaired) electrons. The van der Waals surface area contributed by atoms with Crippen LogP contribution < -0.4 is 11.5 Å². The fourth-order valence-corrected chi connectivity index (χ4v) is 2.39. The Morgan fingerprint density at radius 2 is 2.00 bits per heavy atom. The molecule has 3 rings (SSSR count). The number of halogens is 1. The summed E-state index contributed by atoms with van der Waals surface area (Å²) in [5.74, 6) is -0.746. The van der Waals surface area contributed by atoms with Crippen LogP contribution in [0.5, 0.6) is 0 Å². The highest BCUT2D eigenvalue weighted by Gasteiger charge is 2.14. The van der Waals surface area contributed by atoms with Crippen molar-refractivity contribution in [1.29, 1.82) is 0 Å². The van der Waals surface area contributed by atoms with Gasteiger partial charge in [0.25, 0.3) is 0 Å². The van der Waals surface area contributed by atoms with E-state index >= 15 is 0 Å². The third-order valence-corrected chi connectivity index (χ3v) is 3.61. The molecule has 3 N–H and O–H groups in total. The maximum absolute atomic E-state index is 12.5. The third kappa shape index (κ3) is 2.14. The van der Waals surface area contributed by atoms with Gasteiger partial charge in [-0.25, -0.2) is 4.79 Å². The number of ketones is 1. The van der Waals surface area contributed by atoms with Gasteiger partial charge in [0.2, 0.25) is 0 Å². The number of fused-ring (bicyclic) bond motifs is 1. The molecule has 3 aromatic rings. The van der Waals surface area contributed by atoms with Gasteiger partial charge in [0.05, 0.1) is 5.52 Å². The van der Waals surface area contributed by atoms with E-state index in [2.05, 4.69) is 20.9 Å². The molecule has 0 aliphatic rings. The van der Waals surface area contributed by atoms with Gasteiger partial charge >= 0.3 is 5.76 Å². The zero-order valence-corrected chi connectivity index (χ0v) is 11.7. The van der Waals surface area contributed by atoms with E-state index in [1.54, 1.807) is 30.3 Å². The first-order chi connectivity index (χ1) is 9.54. The Hall–Kier alpha value is -2.34. The standard InChI is InChI=1S/C14H9BrN2O3/c15-10-3-2-8(16)6-9(10)13(18)7-1-4-11-12(5-7)20-14(19)17-11/h1-6H,16H2,(H,17,19). The fraction of sp³-hybridized carbons (Fsp3) is 0. The molecule has 0 fully saturated rings. The largest absolute Gasteiger partial charge is 0.417 e. The lowest BCUT2D eigenvalue weighted by atomic mass is 10.0. The number of hydrogen-bond acceptors (Lipinski definition) is 4. The van der Waals surface area contributed by atoms with E-state index in [1.807, 2.05) is 0 Å². The summed E-state index contributed by atoms with van der Waals surface area (Å²) in [5.41, 5.74) is 7.99. The molecule has 1 heterocycles. The maximum Gasteiger partial charge on any atom is 0.417 e. The molecule has 6 heteroatoms. The minimum Gasteiger partial charge on any atom is -0.408 e. The zero-order valence-electron chi connectivity index (χ0n) is 10.1. The number of oxazole rings is 1. The predicted molar refractivity (Wildman–Crippen MR) is 78.8 cm³/mol. The van der Waals surface area contributed by atoms with Crippen LogP contribution in [0.4, 0.5) is 5.69 Å². The molecule has 5 nitrogen and oxygen atoms in total. The highest BCUT2D eigenvalue weighted by molar-refractivity contribution is 9.10. The normalized spacial score (nSPS) is 10.8. The molecule has 0 saturated heterocycles. The van der Waals surface area contributed by atoms with E-state index in [9.17, 15) is 9.59 Å². The topological polar surface area (TPSA) is 89.1 Å². The Morgan fingerprint density at radius 1 is 1.20 bits per heavy atom. The second-order valence-electron chi connectivity index (χ2n) is 4.29. The number of benzene rings is 2. The van der Waals surface area contributed by atoms with Crippen LogP contribution in [0.2, 0.25) is 0 Å². The van der Waals surface area contributed by atoms with Crippen molar-refractivity contribution >= 4 is 38.5 Å². The van der Waals surface area contributed by atoms with Crippen LogP contribution in [0, 0.1) is 0 Å². The summed E-state index contributed by atoms with van der Waals surface area (Å²) < 4.78 is 5.61. The van der Waals surface area contributed by atoms with Crippen LogP contribution in [-0.4, -0.2) is 10.8 Å². The number of carbonyl (C=O) groups excluding carboxylic acids is 1. The van der Waals surface area contributed by atoms with E-state index in [-0.39, 0.29) is 5.78 Å². The molecule has 20 heavy (non-hydrogen) atoms. The van der Waals surface area contributed by atoms with E-state index in [4.69, 9.17) is 10.2 Å². The summed E-state index contributed by atoms with van der Waals surface area (Å²) in [7, 11) is 0. The summed E-state index contributed by atoms with van der Waals surface area (Å²) in [5, 5.41) is 0. The molecular weight excluding hydrogens is 324 g/mol. The Labute approximate surface area is 121 Å². The average molecular weight is 333 g/mol. The maximum atomic E-state index is 12.5. The van der Waals surface area contributed by atoms with Crippen molar-refractivity contribution in [2.24, 2.45) is 0 Å². The van der Waals surface area contributed by atoms with Crippen LogP contribution in [0.3, 0.4) is 0 Å². The number of aromatic nitrogens is 1. The molecule has 0 atom stereocenters. The zero-order chi connectivity index (χ0) is 14.3. The Bertz CT molecular complexity index is 880. The number of aromatic amines is 1. The summed E-state index contributed by atoms with van der Waals surface area (Å²) >= 11 is 3.33. The second kappa shape index (κ2) is 4.64. The van der Waals surface area contributed by atoms with Gasteiger partial charge in [-0.1, -0.05) is 15.9 Å². The third-order valence-electron chi connectivity index (χ3n) is 2.92. The SMILES string of the molecule is Nc1ccc(Br)c(C(=O)c2ccc3[nH]c(=O)oc3c2)c1. The van der Waals surface area contributed by atoms with Gasteiger partial charge in [-0.15, -0.1) is 0 Å². The van der Waals surface area contributed by atoms with Gasteiger partial charge in [0, 0.05) is 21.3 Å². The van der Waals surface area contributed by atoms with Crippen molar-refractivity contribution in [3.05, 3.63) is 62.5 Å². The van der Waals surface area contributed by atoms with Crippen molar-refractivity contribution in [2.75, 3.05) is 5.73 Å². The Morgan fingerprint density at radius 3 is 2.80 bits per heavy atom. The predicted octanol–water partition coefficient (Wildman–Crippen LogP) is 2.70. The quantitative estimate of drug-likeness (QED) is 0.557. The van der Waals surface area contributed by atoms with Crippen LogP contribution >= 0.6 is 15.9 Å². The van der Waals surface area contributed by atoms with Crippen molar-refractivity contribution < 1.29 is 9.21 Å². The minimum absolute atomic E-state index is 0.199. The summed E-state index contributed by atoms with van der Waals surface area (Å²) in [4.78, 5) is 26.1.